The monoisotopic (exact) mass is 284 g/mol. The van der Waals surface area contributed by atoms with Gasteiger partial charge in [0.2, 0.25) is 0 Å². The van der Waals surface area contributed by atoms with Crippen LogP contribution in [0.25, 0.3) is 0 Å². The molecule has 0 aliphatic carbocycles. The molecule has 0 bridgehead atoms. The van der Waals surface area contributed by atoms with Crippen LogP contribution in [0.2, 0.25) is 5.15 Å². The molecule has 4 nitrogen and oxygen atoms in total. The summed E-state index contributed by atoms with van der Waals surface area (Å²) in [7, 11) is 0. The molecule has 1 aromatic rings. The molecule has 0 aliphatic rings. The van der Waals surface area contributed by atoms with Gasteiger partial charge in [-0.15, -0.1) is 0 Å². The summed E-state index contributed by atoms with van der Waals surface area (Å²) in [6.45, 7) is 12.5. The van der Waals surface area contributed by atoms with Crippen LogP contribution in [0, 0.1) is 6.92 Å². The molecule has 108 valence electrons. The number of nitrogens with zero attached hydrogens (tertiary/aromatic N) is 3. The number of hydrogen-bond donors (Lipinski definition) is 1. The van der Waals surface area contributed by atoms with Gasteiger partial charge >= 0.3 is 0 Å². The Morgan fingerprint density at radius 2 is 1.89 bits per heavy atom. The Kier molecular flexibility index (Phi) is 7.10. The fourth-order valence-electron chi connectivity index (χ4n) is 1.94. The van der Waals surface area contributed by atoms with Crippen LogP contribution in [0.15, 0.2) is 0 Å². The van der Waals surface area contributed by atoms with Crippen LogP contribution >= 0.6 is 11.6 Å². The molecule has 0 spiro atoms. The molecular formula is C14H25ClN4. The molecular weight excluding hydrogens is 260 g/mol. The van der Waals surface area contributed by atoms with Gasteiger partial charge in [0.05, 0.1) is 0 Å². The lowest BCUT2D eigenvalue weighted by molar-refractivity contribution is 0.300. The number of halogens is 1. The predicted molar refractivity (Wildman–Crippen MR) is 82.1 cm³/mol. The molecule has 0 atom stereocenters. The van der Waals surface area contributed by atoms with E-state index in [1.165, 1.54) is 6.42 Å². The highest BCUT2D eigenvalue weighted by molar-refractivity contribution is 6.30. The minimum Gasteiger partial charge on any atom is -0.368 e. The average Bonchev–Trinajstić information content (AvgIpc) is 2.42. The van der Waals surface area contributed by atoms with E-state index >= 15 is 0 Å². The van der Waals surface area contributed by atoms with Crippen molar-refractivity contribution in [3.05, 3.63) is 16.5 Å². The predicted octanol–water partition coefficient (Wildman–Crippen LogP) is 3.14. The van der Waals surface area contributed by atoms with Crippen LogP contribution in [0.4, 0.5) is 5.82 Å². The molecule has 5 heteroatoms. The number of aromatic nitrogens is 2. The Morgan fingerprint density at radius 3 is 2.47 bits per heavy atom. The Morgan fingerprint density at radius 1 is 1.16 bits per heavy atom. The van der Waals surface area contributed by atoms with Crippen molar-refractivity contribution < 1.29 is 0 Å². The molecule has 0 saturated heterocycles. The lowest BCUT2D eigenvalue weighted by atomic mass is 10.3. The molecule has 1 heterocycles. The number of likely N-dealkylation sites (N-methyl/N-ethyl adjacent to an activating group) is 1. The second kappa shape index (κ2) is 8.33. The highest BCUT2D eigenvalue weighted by atomic mass is 35.5. The first-order valence-electron chi connectivity index (χ1n) is 7.11. The first-order valence-corrected chi connectivity index (χ1v) is 7.49. The average molecular weight is 285 g/mol. The van der Waals surface area contributed by atoms with Crippen molar-refractivity contribution >= 4 is 17.4 Å². The van der Waals surface area contributed by atoms with E-state index < -0.39 is 0 Å². The molecule has 0 radical (unpaired) electrons. The lowest BCUT2D eigenvalue weighted by Gasteiger charge is -2.20. The zero-order chi connectivity index (χ0) is 14.3. The maximum Gasteiger partial charge on any atom is 0.137 e. The van der Waals surface area contributed by atoms with Crippen LogP contribution in [0.5, 0.6) is 0 Å². The minimum atomic E-state index is 0.551. The second-order valence-corrected chi connectivity index (χ2v) is 4.98. The first-order chi connectivity index (χ1) is 9.12. The van der Waals surface area contributed by atoms with E-state index in [0.717, 1.165) is 49.8 Å². The van der Waals surface area contributed by atoms with Crippen molar-refractivity contribution in [2.45, 2.75) is 40.5 Å². The van der Waals surface area contributed by atoms with Crippen molar-refractivity contribution in [1.82, 2.24) is 14.9 Å². The van der Waals surface area contributed by atoms with Gasteiger partial charge in [0.1, 0.15) is 16.8 Å². The summed E-state index contributed by atoms with van der Waals surface area (Å²) in [5, 5.41) is 3.93. The van der Waals surface area contributed by atoms with Gasteiger partial charge in [0, 0.05) is 25.1 Å². The van der Waals surface area contributed by atoms with E-state index in [0.29, 0.717) is 5.15 Å². The molecule has 0 saturated carbocycles. The zero-order valence-electron chi connectivity index (χ0n) is 12.5. The van der Waals surface area contributed by atoms with E-state index in [9.17, 15) is 0 Å². The summed E-state index contributed by atoms with van der Waals surface area (Å²) in [6, 6.07) is 0. The molecule has 1 aromatic heterocycles. The quantitative estimate of drug-likeness (QED) is 0.745. The molecule has 0 aliphatic heterocycles. The molecule has 19 heavy (non-hydrogen) atoms. The van der Waals surface area contributed by atoms with Gasteiger partial charge in [-0.05, 0) is 26.4 Å². The molecule has 0 amide bonds. The summed E-state index contributed by atoms with van der Waals surface area (Å²) in [5.74, 6) is 1.66. The fraction of sp³-hybridized carbons (Fsp3) is 0.714. The Balaban J connectivity index is 2.59. The maximum absolute atomic E-state index is 6.11. The minimum absolute atomic E-state index is 0.551. The molecule has 0 fully saturated rings. The topological polar surface area (TPSA) is 41.0 Å². The highest BCUT2D eigenvalue weighted by Crippen LogP contribution is 2.19. The third-order valence-electron chi connectivity index (χ3n) is 3.16. The van der Waals surface area contributed by atoms with Gasteiger partial charge in [0.25, 0.3) is 0 Å². The zero-order valence-corrected chi connectivity index (χ0v) is 13.2. The fourth-order valence-corrected chi connectivity index (χ4v) is 2.13. The molecule has 1 N–H and O–H groups in total. The van der Waals surface area contributed by atoms with E-state index in [2.05, 4.69) is 34.0 Å². The van der Waals surface area contributed by atoms with Crippen molar-refractivity contribution in [1.29, 1.82) is 0 Å². The largest absolute Gasteiger partial charge is 0.368 e. The molecule has 0 aromatic carbocycles. The summed E-state index contributed by atoms with van der Waals surface area (Å²) < 4.78 is 0. The van der Waals surface area contributed by atoms with E-state index in [4.69, 9.17) is 11.6 Å². The Bertz CT molecular complexity index is 395. The van der Waals surface area contributed by atoms with E-state index in [1.807, 2.05) is 13.8 Å². The smallest absolute Gasteiger partial charge is 0.137 e. The van der Waals surface area contributed by atoms with Crippen LogP contribution < -0.4 is 5.32 Å². The SMILES string of the molecule is CCCN(CC)CCNc1nc(CC)nc(Cl)c1C. The van der Waals surface area contributed by atoms with Crippen molar-refractivity contribution in [3.63, 3.8) is 0 Å². The van der Waals surface area contributed by atoms with Crippen LogP contribution in [-0.2, 0) is 6.42 Å². The summed E-state index contributed by atoms with van der Waals surface area (Å²) in [5.41, 5.74) is 0.928. The van der Waals surface area contributed by atoms with Gasteiger partial charge in [-0.1, -0.05) is 32.4 Å². The van der Waals surface area contributed by atoms with E-state index in [1.54, 1.807) is 0 Å². The number of hydrogen-bond acceptors (Lipinski definition) is 4. The number of rotatable bonds is 8. The van der Waals surface area contributed by atoms with Crippen molar-refractivity contribution in [3.8, 4) is 0 Å². The summed E-state index contributed by atoms with van der Waals surface area (Å²) >= 11 is 6.11. The summed E-state index contributed by atoms with van der Waals surface area (Å²) in [4.78, 5) is 11.2. The number of anilines is 1. The molecule has 0 unspecified atom stereocenters. The lowest BCUT2D eigenvalue weighted by Crippen LogP contribution is -2.30. The number of aryl methyl sites for hydroxylation is 1. The van der Waals surface area contributed by atoms with Crippen molar-refractivity contribution in [2.75, 3.05) is 31.5 Å². The Labute approximate surface area is 121 Å². The van der Waals surface area contributed by atoms with Crippen LogP contribution in [0.1, 0.15) is 38.6 Å². The first kappa shape index (κ1) is 16.2. The normalized spacial score (nSPS) is 11.1. The van der Waals surface area contributed by atoms with E-state index in [-0.39, 0.29) is 0 Å². The van der Waals surface area contributed by atoms with Crippen LogP contribution in [0.3, 0.4) is 0 Å². The second-order valence-electron chi connectivity index (χ2n) is 4.62. The third kappa shape index (κ3) is 4.96. The van der Waals surface area contributed by atoms with Crippen LogP contribution in [-0.4, -0.2) is 41.0 Å². The maximum atomic E-state index is 6.11. The highest BCUT2D eigenvalue weighted by Gasteiger charge is 2.08. The van der Waals surface area contributed by atoms with Gasteiger partial charge in [0.15, 0.2) is 0 Å². The molecule has 1 rings (SSSR count). The van der Waals surface area contributed by atoms with Gasteiger partial charge in [-0.3, -0.25) is 0 Å². The summed E-state index contributed by atoms with van der Waals surface area (Å²) in [6.07, 6.45) is 1.98. The van der Waals surface area contributed by atoms with Gasteiger partial charge in [-0.25, -0.2) is 9.97 Å². The number of nitrogens with one attached hydrogen (secondary N) is 1. The third-order valence-corrected chi connectivity index (χ3v) is 3.52. The van der Waals surface area contributed by atoms with Gasteiger partial charge < -0.3 is 10.2 Å². The standard InChI is InChI=1S/C14H25ClN4/c1-5-9-19(7-3)10-8-16-14-11(4)13(15)17-12(6-2)18-14/h5-10H2,1-4H3,(H,16,17,18). The Hall–Kier alpha value is -0.870. The van der Waals surface area contributed by atoms with Gasteiger partial charge in [-0.2, -0.15) is 0 Å². The van der Waals surface area contributed by atoms with Crippen molar-refractivity contribution in [2.24, 2.45) is 0 Å².